The summed E-state index contributed by atoms with van der Waals surface area (Å²) in [6.45, 7) is 0. The highest BCUT2D eigenvalue weighted by Crippen LogP contribution is 2.21. The third kappa shape index (κ3) is 4.20. The molecule has 4 nitrogen and oxygen atoms in total. The molecule has 6 heteroatoms. The first-order valence-corrected chi connectivity index (χ1v) is 7.98. The average molecular weight is 327 g/mol. The molecular weight excluding hydrogens is 313 g/mol. The summed E-state index contributed by atoms with van der Waals surface area (Å²) in [7, 11) is 0. The van der Waals surface area contributed by atoms with Crippen molar-refractivity contribution >= 4 is 23.4 Å². The van der Waals surface area contributed by atoms with Gasteiger partial charge in [0, 0.05) is 5.69 Å². The molecule has 0 aliphatic carbocycles. The molecule has 0 aliphatic rings. The zero-order valence-electron chi connectivity index (χ0n) is 12.1. The molecule has 0 aliphatic heterocycles. The van der Waals surface area contributed by atoms with E-state index in [1.54, 1.807) is 18.3 Å². The molecule has 0 atom stereocenters. The summed E-state index contributed by atoms with van der Waals surface area (Å²) in [4.78, 5) is 19.3. The van der Waals surface area contributed by atoms with Gasteiger partial charge < -0.3 is 10.3 Å². The molecule has 0 fully saturated rings. The van der Waals surface area contributed by atoms with E-state index in [-0.39, 0.29) is 17.5 Å². The van der Waals surface area contributed by atoms with Crippen LogP contribution in [0.4, 0.5) is 10.1 Å². The topological polar surface area (TPSA) is 57.8 Å². The number of thioether (sulfide) groups is 1. The third-order valence-electron chi connectivity index (χ3n) is 3.09. The maximum Gasteiger partial charge on any atom is 0.234 e. The number of halogens is 1. The van der Waals surface area contributed by atoms with Gasteiger partial charge in [-0.05, 0) is 23.8 Å². The lowest BCUT2D eigenvalue weighted by Gasteiger charge is -2.04. The second kappa shape index (κ2) is 7.11. The highest BCUT2D eigenvalue weighted by molar-refractivity contribution is 7.99. The number of anilines is 1. The Morgan fingerprint density at radius 3 is 2.78 bits per heavy atom. The molecule has 116 valence electrons. The van der Waals surface area contributed by atoms with Gasteiger partial charge in [0.15, 0.2) is 5.16 Å². The smallest absolute Gasteiger partial charge is 0.234 e. The lowest BCUT2D eigenvalue weighted by atomic mass is 10.2. The molecule has 2 aromatic carbocycles. The molecule has 0 unspecified atom stereocenters. The molecule has 2 N–H and O–H groups in total. The van der Waals surface area contributed by atoms with Gasteiger partial charge in [0.1, 0.15) is 5.82 Å². The highest BCUT2D eigenvalue weighted by Gasteiger charge is 2.08. The second-order valence-electron chi connectivity index (χ2n) is 4.82. The van der Waals surface area contributed by atoms with Crippen molar-refractivity contribution in [3.63, 3.8) is 0 Å². The summed E-state index contributed by atoms with van der Waals surface area (Å²) in [5.41, 5.74) is 2.38. The number of imidazole rings is 1. The first kappa shape index (κ1) is 15.3. The number of hydrogen-bond donors (Lipinski definition) is 2. The zero-order chi connectivity index (χ0) is 16.1. The largest absolute Gasteiger partial charge is 0.333 e. The lowest BCUT2D eigenvalue weighted by Crippen LogP contribution is -2.14. The Balaban J connectivity index is 1.56. The van der Waals surface area contributed by atoms with Gasteiger partial charge in [-0.2, -0.15) is 0 Å². The molecule has 0 radical (unpaired) electrons. The van der Waals surface area contributed by atoms with Crippen molar-refractivity contribution in [3.8, 4) is 11.3 Å². The van der Waals surface area contributed by atoms with Crippen LogP contribution in [-0.2, 0) is 4.79 Å². The van der Waals surface area contributed by atoms with Gasteiger partial charge in [0.05, 0.1) is 17.6 Å². The van der Waals surface area contributed by atoms with E-state index in [4.69, 9.17) is 0 Å². The van der Waals surface area contributed by atoms with Crippen LogP contribution in [0.5, 0.6) is 0 Å². The van der Waals surface area contributed by atoms with Crippen molar-refractivity contribution in [2.24, 2.45) is 0 Å². The summed E-state index contributed by atoms with van der Waals surface area (Å²) in [6.07, 6.45) is 1.74. The Bertz CT molecular complexity index is 804. The standard InChI is InChI=1S/C17H14FN3OS/c18-13-7-4-8-14(9-13)20-16(22)11-23-17-19-10-15(21-17)12-5-2-1-3-6-12/h1-10H,11H2,(H,19,21)(H,20,22). The molecule has 3 rings (SSSR count). The molecule has 3 aromatic rings. The molecule has 23 heavy (non-hydrogen) atoms. The van der Waals surface area contributed by atoms with Crippen LogP contribution in [0.3, 0.4) is 0 Å². The molecule has 0 saturated carbocycles. The minimum absolute atomic E-state index is 0.193. The minimum Gasteiger partial charge on any atom is -0.333 e. The van der Waals surface area contributed by atoms with E-state index in [1.165, 1.54) is 23.9 Å². The highest BCUT2D eigenvalue weighted by atomic mass is 32.2. The number of carbonyl (C=O) groups excluding carboxylic acids is 1. The third-order valence-corrected chi connectivity index (χ3v) is 3.97. The summed E-state index contributed by atoms with van der Waals surface area (Å²) in [6, 6.07) is 15.6. The van der Waals surface area contributed by atoms with E-state index in [0.717, 1.165) is 11.3 Å². The normalized spacial score (nSPS) is 10.5. The monoisotopic (exact) mass is 327 g/mol. The van der Waals surface area contributed by atoms with Crippen LogP contribution in [0.2, 0.25) is 0 Å². The van der Waals surface area contributed by atoms with E-state index in [1.807, 2.05) is 30.3 Å². The first-order valence-electron chi connectivity index (χ1n) is 6.99. The maximum atomic E-state index is 13.1. The average Bonchev–Trinajstić information content (AvgIpc) is 3.03. The van der Waals surface area contributed by atoms with Gasteiger partial charge in [-0.1, -0.05) is 48.2 Å². The molecule has 0 saturated heterocycles. The SMILES string of the molecule is O=C(CSc1ncc(-c2ccccc2)[nH]1)Nc1cccc(F)c1. The Morgan fingerprint density at radius 1 is 1.17 bits per heavy atom. The first-order chi connectivity index (χ1) is 11.2. The summed E-state index contributed by atoms with van der Waals surface area (Å²) >= 11 is 1.30. The van der Waals surface area contributed by atoms with Gasteiger partial charge in [0.2, 0.25) is 5.91 Å². The number of aromatic amines is 1. The number of nitrogens with one attached hydrogen (secondary N) is 2. The minimum atomic E-state index is -0.381. The number of hydrogen-bond acceptors (Lipinski definition) is 3. The van der Waals surface area contributed by atoms with Crippen molar-refractivity contribution < 1.29 is 9.18 Å². The zero-order valence-corrected chi connectivity index (χ0v) is 12.9. The molecule has 1 aromatic heterocycles. The van der Waals surface area contributed by atoms with Crippen LogP contribution in [-0.4, -0.2) is 21.6 Å². The number of amides is 1. The van der Waals surface area contributed by atoms with Gasteiger partial charge in [-0.3, -0.25) is 4.79 Å². The van der Waals surface area contributed by atoms with Crippen LogP contribution >= 0.6 is 11.8 Å². The summed E-state index contributed by atoms with van der Waals surface area (Å²) in [5.74, 6) is -0.398. The number of H-pyrrole nitrogens is 1. The van der Waals surface area contributed by atoms with Crippen LogP contribution in [0.15, 0.2) is 66.0 Å². The van der Waals surface area contributed by atoms with Gasteiger partial charge in [-0.25, -0.2) is 9.37 Å². The Labute approximate surface area is 137 Å². The van der Waals surface area contributed by atoms with Crippen molar-refractivity contribution in [3.05, 3.63) is 66.6 Å². The fourth-order valence-electron chi connectivity index (χ4n) is 2.04. The summed E-state index contributed by atoms with van der Waals surface area (Å²) < 4.78 is 13.1. The molecule has 1 amide bonds. The fourth-order valence-corrected chi connectivity index (χ4v) is 2.69. The Kier molecular flexibility index (Phi) is 4.73. The van der Waals surface area contributed by atoms with Gasteiger partial charge in [0.25, 0.3) is 0 Å². The number of aromatic nitrogens is 2. The van der Waals surface area contributed by atoms with Crippen molar-refractivity contribution in [2.45, 2.75) is 5.16 Å². The molecule has 1 heterocycles. The van der Waals surface area contributed by atoms with Crippen LogP contribution < -0.4 is 5.32 Å². The van der Waals surface area contributed by atoms with E-state index in [2.05, 4.69) is 15.3 Å². The molecule has 0 bridgehead atoms. The Hall–Kier alpha value is -2.60. The van der Waals surface area contributed by atoms with Crippen LogP contribution in [0.1, 0.15) is 0 Å². The Morgan fingerprint density at radius 2 is 2.00 bits per heavy atom. The second-order valence-corrected chi connectivity index (χ2v) is 5.78. The van der Waals surface area contributed by atoms with Crippen molar-refractivity contribution in [2.75, 3.05) is 11.1 Å². The van der Waals surface area contributed by atoms with E-state index in [0.29, 0.717) is 10.8 Å². The van der Waals surface area contributed by atoms with E-state index >= 15 is 0 Å². The van der Waals surface area contributed by atoms with Crippen LogP contribution in [0.25, 0.3) is 11.3 Å². The van der Waals surface area contributed by atoms with Crippen LogP contribution in [0, 0.1) is 5.82 Å². The number of nitrogens with zero attached hydrogens (tertiary/aromatic N) is 1. The number of benzene rings is 2. The summed E-state index contributed by atoms with van der Waals surface area (Å²) in [5, 5.41) is 3.32. The number of rotatable bonds is 5. The van der Waals surface area contributed by atoms with Gasteiger partial charge >= 0.3 is 0 Å². The lowest BCUT2D eigenvalue weighted by molar-refractivity contribution is -0.113. The number of carbonyl (C=O) groups is 1. The predicted molar refractivity (Wildman–Crippen MR) is 89.8 cm³/mol. The molecular formula is C17H14FN3OS. The quantitative estimate of drug-likeness (QED) is 0.698. The maximum absolute atomic E-state index is 13.1. The predicted octanol–water partition coefficient (Wildman–Crippen LogP) is 3.95. The molecule has 0 spiro atoms. The van der Waals surface area contributed by atoms with Crippen molar-refractivity contribution in [1.29, 1.82) is 0 Å². The fraction of sp³-hybridized carbons (Fsp3) is 0.0588. The van der Waals surface area contributed by atoms with Gasteiger partial charge in [-0.15, -0.1) is 0 Å². The van der Waals surface area contributed by atoms with Crippen molar-refractivity contribution in [1.82, 2.24) is 9.97 Å². The van der Waals surface area contributed by atoms with E-state index < -0.39 is 0 Å². The van der Waals surface area contributed by atoms with E-state index in [9.17, 15) is 9.18 Å².